The van der Waals surface area contributed by atoms with Crippen LogP contribution in [-0.2, 0) is 32.6 Å². The van der Waals surface area contributed by atoms with Gasteiger partial charge in [0.05, 0.1) is 0 Å². The van der Waals surface area contributed by atoms with E-state index >= 15 is 0 Å². The molecule has 3 rings (SSSR count). The Morgan fingerprint density at radius 2 is 1.42 bits per heavy atom. The van der Waals surface area contributed by atoms with Crippen LogP contribution in [0.15, 0.2) is 36.4 Å². The van der Waals surface area contributed by atoms with E-state index in [0.29, 0.717) is 5.92 Å². The Labute approximate surface area is 176 Å². The maximum Gasteiger partial charge on any atom is 4.00 e. The molecular weight excluding hydrogens is 405 g/mol. The number of hydrogen-bond acceptors (Lipinski definition) is 0. The van der Waals surface area contributed by atoms with Crippen LogP contribution in [0.2, 0.25) is 0 Å². The summed E-state index contributed by atoms with van der Waals surface area (Å²) in [6.45, 7) is 15.6. The van der Waals surface area contributed by atoms with Crippen LogP contribution in [0.4, 0.5) is 0 Å². The van der Waals surface area contributed by atoms with Crippen molar-refractivity contribution in [2.75, 3.05) is 0 Å². The summed E-state index contributed by atoms with van der Waals surface area (Å²) in [6.07, 6.45) is 1.17. The number of halogens is 2. The Balaban J connectivity index is 0. The van der Waals surface area contributed by atoms with E-state index in [0.717, 1.165) is 0 Å². The second-order valence-corrected chi connectivity index (χ2v) is 6.90. The van der Waals surface area contributed by atoms with Crippen LogP contribution < -0.4 is 9.41 Å². The monoisotopic (exact) mass is 434 g/mol. The summed E-state index contributed by atoms with van der Waals surface area (Å²) >= 11 is 0. The standard InChI is InChI=1S/C12H13.C11H17.2FH.Zr/c1-9(2)12-7-10-5-3-4-6-11(10)8-12;1-6-11-9(4)7(2)8(3)10(11)5;;;/h3-9H,1-2H3;6H2,1-5H3;2*1H;/q2*-1;;;+4/p-2. The van der Waals surface area contributed by atoms with Crippen LogP contribution in [-0.4, -0.2) is 0 Å². The van der Waals surface area contributed by atoms with Gasteiger partial charge in [-0.05, 0) is 5.92 Å². The quantitative estimate of drug-likeness (QED) is 0.525. The van der Waals surface area contributed by atoms with Gasteiger partial charge in [-0.3, -0.25) is 0 Å². The molecule has 0 atom stereocenters. The summed E-state index contributed by atoms with van der Waals surface area (Å²) < 4.78 is 0. The molecule has 0 spiro atoms. The minimum atomic E-state index is 0. The van der Waals surface area contributed by atoms with Gasteiger partial charge < -0.3 is 9.41 Å². The first-order valence-corrected chi connectivity index (χ1v) is 8.74. The van der Waals surface area contributed by atoms with E-state index in [4.69, 9.17) is 0 Å². The van der Waals surface area contributed by atoms with Crippen LogP contribution in [0.5, 0.6) is 0 Å². The molecule has 0 heterocycles. The van der Waals surface area contributed by atoms with Crippen LogP contribution in [0, 0.1) is 27.7 Å². The minimum absolute atomic E-state index is 0. The average Bonchev–Trinajstić information content (AvgIpc) is 3.05. The largest absolute Gasteiger partial charge is 4.00 e. The van der Waals surface area contributed by atoms with Gasteiger partial charge in [0.15, 0.2) is 0 Å². The second-order valence-electron chi connectivity index (χ2n) is 6.90. The van der Waals surface area contributed by atoms with Gasteiger partial charge in [-0.2, -0.15) is 33.9 Å². The molecule has 0 aromatic heterocycles. The number of benzene rings is 1. The summed E-state index contributed by atoms with van der Waals surface area (Å²) in [5, 5.41) is 2.72. The molecule has 0 fully saturated rings. The van der Waals surface area contributed by atoms with Crippen LogP contribution in [0.25, 0.3) is 10.8 Å². The molecule has 0 nitrogen and oxygen atoms in total. The topological polar surface area (TPSA) is 0 Å². The predicted octanol–water partition coefficient (Wildman–Crippen LogP) is 0.889. The van der Waals surface area contributed by atoms with E-state index in [1.165, 1.54) is 45.0 Å². The van der Waals surface area contributed by atoms with Gasteiger partial charge in [-0.25, -0.2) is 0 Å². The molecule has 0 bridgehead atoms. The van der Waals surface area contributed by atoms with E-state index in [1.54, 1.807) is 5.56 Å². The van der Waals surface area contributed by atoms with Crippen molar-refractivity contribution in [1.29, 1.82) is 0 Å². The van der Waals surface area contributed by atoms with Crippen molar-refractivity contribution in [1.82, 2.24) is 0 Å². The van der Waals surface area contributed by atoms with Crippen molar-refractivity contribution in [3.63, 3.8) is 0 Å². The van der Waals surface area contributed by atoms with Gasteiger partial charge in [-0.15, -0.1) is 40.6 Å². The molecule has 0 aliphatic carbocycles. The maximum absolute atomic E-state index is 2.28. The molecule has 0 aliphatic rings. The summed E-state index contributed by atoms with van der Waals surface area (Å²) in [5.74, 6) is 0.636. The molecule has 3 heteroatoms. The normalized spacial score (nSPS) is 9.69. The Kier molecular flexibility index (Phi) is 12.1. The third kappa shape index (κ3) is 5.71. The van der Waals surface area contributed by atoms with Crippen molar-refractivity contribution in [3.05, 3.63) is 69.8 Å². The van der Waals surface area contributed by atoms with Crippen LogP contribution in [0.1, 0.15) is 60.1 Å². The average molecular weight is 436 g/mol. The first-order chi connectivity index (χ1) is 10.9. The van der Waals surface area contributed by atoms with Crippen molar-refractivity contribution in [3.8, 4) is 0 Å². The molecule has 140 valence electrons. The minimum Gasteiger partial charge on any atom is -1.00 e. The zero-order chi connectivity index (χ0) is 17.1. The van der Waals surface area contributed by atoms with Gasteiger partial charge in [0.2, 0.25) is 0 Å². The Morgan fingerprint density at radius 3 is 1.81 bits per heavy atom. The molecule has 26 heavy (non-hydrogen) atoms. The maximum atomic E-state index is 2.28. The van der Waals surface area contributed by atoms with Gasteiger partial charge in [0.25, 0.3) is 0 Å². The fourth-order valence-corrected chi connectivity index (χ4v) is 3.33. The Morgan fingerprint density at radius 1 is 0.923 bits per heavy atom. The zero-order valence-electron chi connectivity index (χ0n) is 17.0. The predicted molar refractivity (Wildman–Crippen MR) is 104 cm³/mol. The van der Waals surface area contributed by atoms with E-state index in [1.807, 2.05) is 0 Å². The second kappa shape index (κ2) is 11.6. The van der Waals surface area contributed by atoms with E-state index in [9.17, 15) is 0 Å². The molecule has 0 saturated carbocycles. The molecule has 0 N–H and O–H groups in total. The Bertz CT molecular complexity index is 735. The summed E-state index contributed by atoms with van der Waals surface area (Å²) in [4.78, 5) is 0. The third-order valence-corrected chi connectivity index (χ3v) is 5.25. The van der Waals surface area contributed by atoms with Crippen LogP contribution in [0.3, 0.4) is 0 Å². The number of fused-ring (bicyclic) bond motifs is 1. The van der Waals surface area contributed by atoms with Gasteiger partial charge >= 0.3 is 26.2 Å². The molecule has 3 aromatic rings. The molecule has 0 saturated heterocycles. The molecule has 3 aromatic carbocycles. The molecule has 0 aliphatic heterocycles. The van der Waals surface area contributed by atoms with Gasteiger partial charge in [0, 0.05) is 0 Å². The van der Waals surface area contributed by atoms with Crippen LogP contribution >= 0.6 is 0 Å². The van der Waals surface area contributed by atoms with Crippen molar-refractivity contribution in [2.24, 2.45) is 0 Å². The molecular formula is C23H30F2Zr. The first-order valence-electron chi connectivity index (χ1n) is 8.74. The smallest absolute Gasteiger partial charge is 1.00 e. The first kappa shape index (κ1) is 27.1. The van der Waals surface area contributed by atoms with E-state index in [-0.39, 0.29) is 35.6 Å². The summed E-state index contributed by atoms with van der Waals surface area (Å²) in [7, 11) is 0. The molecule has 0 amide bonds. The van der Waals surface area contributed by atoms with Crippen molar-refractivity contribution >= 4 is 10.8 Å². The SMILES string of the molecule is CC(C)c1cc2ccccc2[cH-]1.CC[c-]1c(C)c(C)c(C)c1C.[F-].[F-].[Zr+4]. The summed E-state index contributed by atoms with van der Waals surface area (Å²) in [6, 6.07) is 13.1. The number of rotatable bonds is 2. The van der Waals surface area contributed by atoms with E-state index < -0.39 is 0 Å². The number of hydrogen-bond donors (Lipinski definition) is 0. The third-order valence-electron chi connectivity index (χ3n) is 5.25. The fourth-order valence-electron chi connectivity index (χ4n) is 3.33. The fraction of sp³-hybridized carbons (Fsp3) is 0.391. The van der Waals surface area contributed by atoms with E-state index in [2.05, 4.69) is 84.9 Å². The zero-order valence-corrected chi connectivity index (χ0v) is 19.5. The Hall–Kier alpha value is -1.08. The molecule has 0 unspecified atom stereocenters. The van der Waals surface area contributed by atoms with Crippen molar-refractivity contribution in [2.45, 2.75) is 60.8 Å². The van der Waals surface area contributed by atoms with Crippen molar-refractivity contribution < 1.29 is 35.6 Å². The molecule has 0 radical (unpaired) electrons. The summed E-state index contributed by atoms with van der Waals surface area (Å²) in [5.41, 5.74) is 8.97. The van der Waals surface area contributed by atoms with Gasteiger partial charge in [-0.1, -0.05) is 61.0 Å². The van der Waals surface area contributed by atoms with Gasteiger partial charge in [0.1, 0.15) is 0 Å².